The molecule has 0 spiro atoms. The van der Waals surface area contributed by atoms with E-state index in [0.29, 0.717) is 35.5 Å². The van der Waals surface area contributed by atoms with Crippen molar-refractivity contribution in [2.45, 2.75) is 33.6 Å². The Morgan fingerprint density at radius 1 is 0.892 bits per heavy atom. The number of hydrogen-bond acceptors (Lipinski definition) is 7. The maximum atomic E-state index is 12.5. The van der Waals surface area contributed by atoms with Crippen LogP contribution >= 0.6 is 0 Å². The number of esters is 2. The Balaban J connectivity index is 1.42. The fourth-order valence-corrected chi connectivity index (χ4v) is 3.02. The molecule has 190 valence electrons. The van der Waals surface area contributed by atoms with E-state index in [1.807, 2.05) is 45.0 Å². The van der Waals surface area contributed by atoms with Gasteiger partial charge in [-0.15, -0.1) is 0 Å². The van der Waals surface area contributed by atoms with Crippen molar-refractivity contribution in [3.63, 3.8) is 0 Å². The van der Waals surface area contributed by atoms with Gasteiger partial charge in [-0.25, -0.2) is 4.79 Å². The van der Waals surface area contributed by atoms with Gasteiger partial charge in [0.2, 0.25) is 0 Å². The van der Waals surface area contributed by atoms with Gasteiger partial charge in [-0.05, 0) is 86.0 Å². The molecule has 0 saturated heterocycles. The van der Waals surface area contributed by atoms with Crippen LogP contribution in [0.2, 0.25) is 0 Å². The third-order valence-corrected chi connectivity index (χ3v) is 5.75. The summed E-state index contributed by atoms with van der Waals surface area (Å²) in [5, 5.41) is 8.92. The topological polar surface area (TPSA) is 94.8 Å². The highest BCUT2D eigenvalue weighted by Crippen LogP contribution is 2.24. The predicted molar refractivity (Wildman–Crippen MR) is 138 cm³/mol. The summed E-state index contributed by atoms with van der Waals surface area (Å²) in [7, 11) is 0. The number of nitriles is 1. The molecule has 0 fully saturated rings. The Bertz CT molecular complexity index is 1250. The summed E-state index contributed by atoms with van der Waals surface area (Å²) >= 11 is 0. The van der Waals surface area contributed by atoms with Crippen molar-refractivity contribution in [1.82, 2.24) is 0 Å². The number of hydrogen-bond donors (Lipinski definition) is 0. The van der Waals surface area contributed by atoms with Crippen LogP contribution in [0.15, 0.2) is 85.1 Å². The van der Waals surface area contributed by atoms with E-state index in [0.717, 1.165) is 11.1 Å². The molecule has 0 aliphatic heterocycles. The summed E-state index contributed by atoms with van der Waals surface area (Å²) in [5.74, 6) is 0.0998. The molecule has 0 atom stereocenters. The lowest BCUT2D eigenvalue weighted by atomic mass is 9.91. The van der Waals surface area contributed by atoms with Crippen LogP contribution in [-0.4, -0.2) is 18.5 Å². The van der Waals surface area contributed by atoms with E-state index in [9.17, 15) is 9.59 Å². The molecule has 0 unspecified atom stereocenters. The van der Waals surface area contributed by atoms with Gasteiger partial charge in [0.1, 0.15) is 12.0 Å². The molecule has 0 heterocycles. The second-order valence-corrected chi connectivity index (χ2v) is 8.84. The molecule has 0 aromatic heterocycles. The van der Waals surface area contributed by atoms with Gasteiger partial charge in [0.05, 0.1) is 29.2 Å². The van der Waals surface area contributed by atoms with Crippen molar-refractivity contribution < 1.29 is 28.8 Å². The number of nitrogens with zero attached hydrogens (tertiary/aromatic N) is 1. The lowest BCUT2D eigenvalue weighted by Crippen LogP contribution is -2.25. The highest BCUT2D eigenvalue weighted by atomic mass is 17.2. The van der Waals surface area contributed by atoms with Gasteiger partial charge >= 0.3 is 11.9 Å². The zero-order chi connectivity index (χ0) is 26.7. The first-order chi connectivity index (χ1) is 17.8. The zero-order valence-electron chi connectivity index (χ0n) is 21.1. The third-order valence-electron chi connectivity index (χ3n) is 5.75. The van der Waals surface area contributed by atoms with E-state index < -0.39 is 11.4 Å². The molecule has 7 heteroatoms. The molecule has 7 nitrogen and oxygen atoms in total. The molecule has 3 aromatic rings. The van der Waals surface area contributed by atoms with Crippen molar-refractivity contribution in [3.05, 3.63) is 96.3 Å². The number of carbonyl (C=O) groups is 2. The Labute approximate surface area is 216 Å². The first kappa shape index (κ1) is 27.0. The Hall–Kier alpha value is -4.57. The van der Waals surface area contributed by atoms with Gasteiger partial charge in [0, 0.05) is 6.42 Å². The summed E-state index contributed by atoms with van der Waals surface area (Å²) in [6, 6.07) is 22.8. The maximum absolute atomic E-state index is 12.5. The molecule has 3 rings (SSSR count). The summed E-state index contributed by atoms with van der Waals surface area (Å²) in [4.78, 5) is 34.5. The lowest BCUT2D eigenvalue weighted by Gasteiger charge is -2.19. The number of benzene rings is 3. The SMILES string of the molecule is CCC(C)(C)C(=O)OCC/C=C/OOc1ccc(C(=O)Oc2ccc(-c3ccc(C#N)cc3)cc2)cc1. The van der Waals surface area contributed by atoms with E-state index in [1.54, 1.807) is 54.6 Å². The van der Waals surface area contributed by atoms with Crippen LogP contribution in [0.5, 0.6) is 11.5 Å². The Morgan fingerprint density at radius 2 is 1.49 bits per heavy atom. The quantitative estimate of drug-likeness (QED) is 0.0729. The highest BCUT2D eigenvalue weighted by molar-refractivity contribution is 5.91. The van der Waals surface area contributed by atoms with Crippen LogP contribution in [0, 0.1) is 16.7 Å². The van der Waals surface area contributed by atoms with Crippen LogP contribution in [0.25, 0.3) is 11.1 Å². The number of carbonyl (C=O) groups excluding carboxylic acids is 2. The molecule has 0 bridgehead atoms. The third kappa shape index (κ3) is 7.97. The van der Waals surface area contributed by atoms with E-state index in [4.69, 9.17) is 24.5 Å². The van der Waals surface area contributed by atoms with Crippen molar-refractivity contribution in [2.75, 3.05) is 6.61 Å². The predicted octanol–water partition coefficient (Wildman–Crippen LogP) is 6.64. The molecule has 0 radical (unpaired) electrons. The van der Waals surface area contributed by atoms with Gasteiger partial charge in [-0.1, -0.05) is 31.2 Å². The maximum Gasteiger partial charge on any atom is 0.343 e. The van der Waals surface area contributed by atoms with Crippen LogP contribution in [0.1, 0.15) is 49.5 Å². The van der Waals surface area contributed by atoms with Crippen LogP contribution < -0.4 is 9.62 Å². The normalized spacial score (nSPS) is 11.0. The van der Waals surface area contributed by atoms with Gasteiger partial charge in [0.25, 0.3) is 0 Å². The molecular formula is C30H29NO6. The molecule has 3 aromatic carbocycles. The lowest BCUT2D eigenvalue weighted by molar-refractivity contribution is -0.154. The number of rotatable bonds is 11. The monoisotopic (exact) mass is 499 g/mol. The Morgan fingerprint density at radius 3 is 2.08 bits per heavy atom. The average molecular weight is 500 g/mol. The van der Waals surface area contributed by atoms with Gasteiger partial charge < -0.3 is 9.47 Å². The average Bonchev–Trinajstić information content (AvgIpc) is 2.93. The van der Waals surface area contributed by atoms with E-state index in [2.05, 4.69) is 6.07 Å². The molecule has 37 heavy (non-hydrogen) atoms. The smallest absolute Gasteiger partial charge is 0.343 e. The van der Waals surface area contributed by atoms with E-state index >= 15 is 0 Å². The summed E-state index contributed by atoms with van der Waals surface area (Å²) in [5.41, 5.74) is 2.38. The van der Waals surface area contributed by atoms with Crippen molar-refractivity contribution in [2.24, 2.45) is 5.41 Å². The van der Waals surface area contributed by atoms with Crippen LogP contribution in [-0.2, 0) is 14.4 Å². The first-order valence-electron chi connectivity index (χ1n) is 11.9. The molecule has 0 aliphatic rings. The van der Waals surface area contributed by atoms with Crippen molar-refractivity contribution >= 4 is 11.9 Å². The fourth-order valence-electron chi connectivity index (χ4n) is 3.02. The van der Waals surface area contributed by atoms with Crippen LogP contribution in [0.3, 0.4) is 0 Å². The minimum absolute atomic E-state index is 0.223. The molecular weight excluding hydrogens is 470 g/mol. The molecule has 0 amide bonds. The zero-order valence-corrected chi connectivity index (χ0v) is 21.1. The largest absolute Gasteiger partial charge is 0.465 e. The van der Waals surface area contributed by atoms with E-state index in [-0.39, 0.29) is 12.6 Å². The minimum atomic E-state index is -0.501. The second-order valence-electron chi connectivity index (χ2n) is 8.84. The molecule has 0 N–H and O–H groups in total. The second kappa shape index (κ2) is 12.9. The van der Waals surface area contributed by atoms with Crippen molar-refractivity contribution in [3.8, 4) is 28.7 Å². The number of ether oxygens (including phenoxy) is 2. The first-order valence-corrected chi connectivity index (χ1v) is 11.9. The molecule has 0 saturated carbocycles. The highest BCUT2D eigenvalue weighted by Gasteiger charge is 2.26. The summed E-state index contributed by atoms with van der Waals surface area (Å²) in [6.45, 7) is 5.91. The standard InChI is InChI=1S/C30H29NO6/c1-4-30(2,3)29(33)34-19-5-6-20-35-37-27-17-13-25(14-18-27)28(32)36-26-15-11-24(12-16-26)23-9-7-22(21-31)8-10-23/h6-18,20H,4-5,19H2,1-3H3/b20-6+. The van der Waals surface area contributed by atoms with Gasteiger partial charge in [0.15, 0.2) is 5.75 Å². The minimum Gasteiger partial charge on any atom is -0.465 e. The summed E-state index contributed by atoms with van der Waals surface area (Å²) < 4.78 is 10.7. The Kier molecular flexibility index (Phi) is 9.45. The summed E-state index contributed by atoms with van der Waals surface area (Å²) in [6.07, 6.45) is 4.25. The molecule has 0 aliphatic carbocycles. The van der Waals surface area contributed by atoms with Crippen LogP contribution in [0.4, 0.5) is 0 Å². The van der Waals surface area contributed by atoms with Gasteiger partial charge in [-0.2, -0.15) is 5.26 Å². The fraction of sp³-hybridized carbons (Fsp3) is 0.233. The van der Waals surface area contributed by atoms with Gasteiger partial charge in [-0.3, -0.25) is 14.6 Å². The van der Waals surface area contributed by atoms with E-state index in [1.165, 1.54) is 6.26 Å². The van der Waals surface area contributed by atoms with Crippen molar-refractivity contribution in [1.29, 1.82) is 5.26 Å².